The van der Waals surface area contributed by atoms with Crippen LogP contribution in [0.2, 0.25) is 0 Å². The maximum absolute atomic E-state index is 11.9. The first-order chi connectivity index (χ1) is 19.0. The summed E-state index contributed by atoms with van der Waals surface area (Å²) in [5.41, 5.74) is 4.48. The van der Waals surface area contributed by atoms with Crippen LogP contribution in [0.4, 0.5) is 17.1 Å². The molecule has 2 saturated heterocycles. The van der Waals surface area contributed by atoms with Gasteiger partial charge in [-0.15, -0.1) is 0 Å². The predicted molar refractivity (Wildman–Crippen MR) is 157 cm³/mol. The highest BCUT2D eigenvalue weighted by Crippen LogP contribution is 2.31. The van der Waals surface area contributed by atoms with E-state index in [4.69, 9.17) is 19.5 Å². The van der Waals surface area contributed by atoms with Crippen LogP contribution in [0, 0.1) is 0 Å². The number of piperazine rings is 1. The summed E-state index contributed by atoms with van der Waals surface area (Å²) in [7, 11) is 3.84. The van der Waals surface area contributed by atoms with Crippen molar-refractivity contribution in [3.63, 3.8) is 0 Å². The Balaban J connectivity index is 1.40. The number of hydrogen-bond acceptors (Lipinski definition) is 9. The minimum absolute atomic E-state index is 0.00584. The Bertz CT molecular complexity index is 1250. The lowest BCUT2D eigenvalue weighted by atomic mass is 9.99. The van der Waals surface area contributed by atoms with Crippen LogP contribution in [0.3, 0.4) is 0 Å². The quantitative estimate of drug-likeness (QED) is 0.531. The second-order valence-corrected chi connectivity index (χ2v) is 9.90. The molecular formula is C29H37N7O3. The van der Waals surface area contributed by atoms with Crippen LogP contribution in [-0.4, -0.2) is 107 Å². The molecule has 0 aromatic heterocycles. The van der Waals surface area contributed by atoms with Gasteiger partial charge in [0, 0.05) is 56.7 Å². The van der Waals surface area contributed by atoms with Crippen molar-refractivity contribution in [3.8, 4) is 5.75 Å². The molecule has 2 fully saturated rings. The summed E-state index contributed by atoms with van der Waals surface area (Å²) in [6, 6.07) is 14.0. The molecule has 10 heteroatoms. The Labute approximate surface area is 230 Å². The lowest BCUT2D eigenvalue weighted by Crippen LogP contribution is -2.50. The normalized spacial score (nSPS) is 20.6. The number of hydrogen-bond donors (Lipinski definition) is 2. The van der Waals surface area contributed by atoms with Crippen LogP contribution in [-0.2, 0) is 9.53 Å². The molecule has 3 heterocycles. The van der Waals surface area contributed by atoms with Gasteiger partial charge in [0.1, 0.15) is 5.75 Å². The molecule has 3 aliphatic heterocycles. The summed E-state index contributed by atoms with van der Waals surface area (Å²) in [4.78, 5) is 28.8. The summed E-state index contributed by atoms with van der Waals surface area (Å²) in [6.45, 7) is 11.2. The van der Waals surface area contributed by atoms with Gasteiger partial charge in [0.25, 0.3) is 0 Å². The highest BCUT2D eigenvalue weighted by molar-refractivity contribution is 6.15. The summed E-state index contributed by atoms with van der Waals surface area (Å²) in [6.07, 6.45) is 1.26. The van der Waals surface area contributed by atoms with Gasteiger partial charge in [-0.3, -0.25) is 9.69 Å². The third-order valence-corrected chi connectivity index (χ3v) is 7.35. The molecule has 2 aromatic carbocycles. The van der Waals surface area contributed by atoms with E-state index in [9.17, 15) is 4.79 Å². The monoisotopic (exact) mass is 531 g/mol. The van der Waals surface area contributed by atoms with Crippen LogP contribution in [0.15, 0.2) is 65.1 Å². The van der Waals surface area contributed by atoms with Gasteiger partial charge < -0.3 is 29.9 Å². The maximum atomic E-state index is 11.9. The number of carbonyl (C=O) groups is 1. The van der Waals surface area contributed by atoms with Crippen molar-refractivity contribution < 1.29 is 14.3 Å². The molecule has 0 saturated carbocycles. The Hall–Kier alpha value is -3.73. The SMILES string of the molecule is C=CC(=O)Nc1cccc(C2=NC(Nc3ccc(N4CCN(C)CC4)cc3OC)=NCC2N2CCOCC2)c1. The molecule has 2 N–H and O–H groups in total. The number of guanidine groups is 1. The molecule has 1 atom stereocenters. The van der Waals surface area contributed by atoms with E-state index in [0.29, 0.717) is 31.4 Å². The number of rotatable bonds is 7. The molecule has 5 rings (SSSR count). The summed E-state index contributed by atoms with van der Waals surface area (Å²) < 4.78 is 11.3. The fraction of sp³-hybridized carbons (Fsp3) is 0.414. The number of nitrogens with one attached hydrogen (secondary N) is 2. The first kappa shape index (κ1) is 26.9. The standard InChI is InChI=1S/C29H37N7O3/c1-4-27(37)31-22-7-5-6-21(18-22)28-25(36-14-16-39-17-15-36)20-30-29(33-28)32-24-9-8-23(19-26(24)38-3)35-12-10-34(2)11-13-35/h4-9,18-19,25H,1,10-17,20H2,2-3H3,(H,30,32)(H,31,37). The lowest BCUT2D eigenvalue weighted by Gasteiger charge is -2.36. The molecule has 10 nitrogen and oxygen atoms in total. The van der Waals surface area contributed by atoms with E-state index in [1.54, 1.807) is 7.11 Å². The Morgan fingerprint density at radius 2 is 1.90 bits per heavy atom. The molecule has 0 aliphatic carbocycles. The minimum atomic E-state index is -0.251. The smallest absolute Gasteiger partial charge is 0.247 e. The topological polar surface area (TPSA) is 94.0 Å². The van der Waals surface area contributed by atoms with E-state index in [1.807, 2.05) is 30.3 Å². The van der Waals surface area contributed by atoms with E-state index in [1.165, 1.54) is 6.08 Å². The minimum Gasteiger partial charge on any atom is -0.494 e. The Morgan fingerprint density at radius 3 is 2.64 bits per heavy atom. The highest BCUT2D eigenvalue weighted by atomic mass is 16.5. The number of benzene rings is 2. The number of morpholine rings is 1. The zero-order chi connectivity index (χ0) is 27.2. The van der Waals surface area contributed by atoms with Crippen molar-refractivity contribution in [1.82, 2.24) is 9.80 Å². The average Bonchev–Trinajstić information content (AvgIpc) is 2.98. The van der Waals surface area contributed by atoms with Gasteiger partial charge in [0.05, 0.1) is 44.3 Å². The Morgan fingerprint density at radius 1 is 1.10 bits per heavy atom. The van der Waals surface area contributed by atoms with Crippen molar-refractivity contribution >= 4 is 34.6 Å². The Kier molecular flexibility index (Phi) is 8.55. The number of methoxy groups -OCH3 is 1. The first-order valence-corrected chi connectivity index (χ1v) is 13.4. The maximum Gasteiger partial charge on any atom is 0.247 e. The molecular weight excluding hydrogens is 494 g/mol. The number of nitrogens with zero attached hydrogens (tertiary/aromatic N) is 5. The van der Waals surface area contributed by atoms with E-state index in [0.717, 1.165) is 67.7 Å². The number of aliphatic imine (C=N–C) groups is 2. The zero-order valence-corrected chi connectivity index (χ0v) is 22.7. The van der Waals surface area contributed by atoms with Gasteiger partial charge in [-0.05, 0) is 43.0 Å². The van der Waals surface area contributed by atoms with Crippen LogP contribution in [0.1, 0.15) is 5.56 Å². The van der Waals surface area contributed by atoms with Gasteiger partial charge in [-0.2, -0.15) is 0 Å². The predicted octanol–water partition coefficient (Wildman–Crippen LogP) is 2.54. The largest absolute Gasteiger partial charge is 0.494 e. The summed E-state index contributed by atoms with van der Waals surface area (Å²) in [5, 5.41) is 6.25. The van der Waals surface area contributed by atoms with Gasteiger partial charge >= 0.3 is 0 Å². The molecule has 0 spiro atoms. The highest BCUT2D eigenvalue weighted by Gasteiger charge is 2.30. The summed E-state index contributed by atoms with van der Waals surface area (Å²) in [5.74, 6) is 1.02. The van der Waals surface area contributed by atoms with Crippen molar-refractivity contribution in [2.45, 2.75) is 6.04 Å². The zero-order valence-electron chi connectivity index (χ0n) is 22.7. The number of anilines is 3. The van der Waals surface area contributed by atoms with Crippen LogP contribution in [0.25, 0.3) is 0 Å². The van der Waals surface area contributed by atoms with E-state index in [2.05, 4.69) is 51.1 Å². The molecule has 1 amide bonds. The van der Waals surface area contributed by atoms with Crippen LogP contribution in [0.5, 0.6) is 5.75 Å². The number of ether oxygens (including phenoxy) is 2. The van der Waals surface area contributed by atoms with Crippen molar-refractivity contribution in [1.29, 1.82) is 0 Å². The number of carbonyl (C=O) groups excluding carboxylic acids is 1. The first-order valence-electron chi connectivity index (χ1n) is 13.4. The van der Waals surface area contributed by atoms with Crippen molar-refractivity contribution in [3.05, 3.63) is 60.7 Å². The van der Waals surface area contributed by atoms with Crippen molar-refractivity contribution in [2.75, 3.05) is 88.7 Å². The van der Waals surface area contributed by atoms with Gasteiger partial charge in [0.15, 0.2) is 0 Å². The van der Waals surface area contributed by atoms with Gasteiger partial charge in [-0.1, -0.05) is 18.7 Å². The molecule has 0 bridgehead atoms. The fourth-order valence-corrected chi connectivity index (χ4v) is 5.10. The molecule has 3 aliphatic rings. The van der Waals surface area contributed by atoms with Crippen molar-refractivity contribution in [2.24, 2.45) is 9.98 Å². The van der Waals surface area contributed by atoms with E-state index >= 15 is 0 Å². The van der Waals surface area contributed by atoms with Crippen LogP contribution >= 0.6 is 0 Å². The number of amides is 1. The molecule has 2 aromatic rings. The third-order valence-electron chi connectivity index (χ3n) is 7.35. The molecule has 39 heavy (non-hydrogen) atoms. The molecule has 0 radical (unpaired) electrons. The second kappa shape index (κ2) is 12.4. The van der Waals surface area contributed by atoms with Gasteiger partial charge in [0.2, 0.25) is 11.9 Å². The van der Waals surface area contributed by atoms with Crippen LogP contribution < -0.4 is 20.3 Å². The van der Waals surface area contributed by atoms with Gasteiger partial charge in [-0.25, -0.2) is 9.98 Å². The summed E-state index contributed by atoms with van der Waals surface area (Å²) >= 11 is 0. The lowest BCUT2D eigenvalue weighted by molar-refractivity contribution is -0.111. The molecule has 206 valence electrons. The van der Waals surface area contributed by atoms with E-state index < -0.39 is 0 Å². The second-order valence-electron chi connectivity index (χ2n) is 9.90. The van der Waals surface area contributed by atoms with E-state index in [-0.39, 0.29) is 11.9 Å². The number of likely N-dealkylation sites (N-methyl/N-ethyl adjacent to an activating group) is 1. The third kappa shape index (κ3) is 6.47. The fourth-order valence-electron chi connectivity index (χ4n) is 5.10. The molecule has 1 unspecified atom stereocenters. The average molecular weight is 532 g/mol.